The third-order valence-corrected chi connectivity index (χ3v) is 3.24. The Kier molecular flexibility index (Phi) is 4.71. The molecule has 0 aliphatic rings. The van der Waals surface area contributed by atoms with Crippen LogP contribution in [-0.4, -0.2) is 24.4 Å². The fourth-order valence-electron chi connectivity index (χ4n) is 2.00. The zero-order chi connectivity index (χ0) is 14.5. The predicted octanol–water partition coefficient (Wildman–Crippen LogP) is 2.31. The van der Waals surface area contributed by atoms with Crippen molar-refractivity contribution in [2.45, 2.75) is 6.42 Å². The van der Waals surface area contributed by atoms with Gasteiger partial charge in [0.1, 0.15) is 5.82 Å². The van der Waals surface area contributed by atoms with Crippen LogP contribution in [0.15, 0.2) is 36.5 Å². The maximum absolute atomic E-state index is 12.6. The van der Waals surface area contributed by atoms with Gasteiger partial charge in [-0.05, 0) is 31.6 Å². The summed E-state index contributed by atoms with van der Waals surface area (Å²) in [6.45, 7) is 0.799. The molecular formula is C15H16ClN3O. The van der Waals surface area contributed by atoms with E-state index in [9.17, 15) is 4.79 Å². The normalized spacial score (nSPS) is 10.5. The number of carbonyl (C=O) groups excluding carboxylic acids is 1. The number of aromatic nitrogens is 1. The fraction of sp³-hybridized carbons (Fsp3) is 0.200. The molecule has 0 saturated heterocycles. The van der Waals surface area contributed by atoms with E-state index in [1.54, 1.807) is 12.1 Å². The van der Waals surface area contributed by atoms with Crippen LogP contribution < -0.4 is 11.1 Å². The number of likely N-dealkylation sites (N-methyl/N-ethyl adjacent to an activating group) is 1. The Balaban J connectivity index is 2.40. The zero-order valence-electron chi connectivity index (χ0n) is 11.2. The lowest BCUT2D eigenvalue weighted by Crippen LogP contribution is -2.14. The number of hydrogen-bond acceptors (Lipinski definition) is 4. The van der Waals surface area contributed by atoms with E-state index in [1.165, 1.54) is 6.20 Å². The van der Waals surface area contributed by atoms with Gasteiger partial charge >= 0.3 is 0 Å². The first kappa shape index (κ1) is 14.5. The fourth-order valence-corrected chi connectivity index (χ4v) is 2.15. The topological polar surface area (TPSA) is 68.0 Å². The smallest absolute Gasteiger partial charge is 0.197 e. The molecule has 0 radical (unpaired) electrons. The number of nitrogens with zero attached hydrogens (tertiary/aromatic N) is 1. The molecule has 0 fully saturated rings. The van der Waals surface area contributed by atoms with Crippen molar-refractivity contribution in [2.75, 3.05) is 19.3 Å². The number of benzene rings is 1. The minimum atomic E-state index is -0.149. The van der Waals surface area contributed by atoms with Gasteiger partial charge in [0.15, 0.2) is 5.78 Å². The van der Waals surface area contributed by atoms with Gasteiger partial charge in [0.05, 0.1) is 10.6 Å². The lowest BCUT2D eigenvalue weighted by atomic mass is 9.97. The molecule has 0 amide bonds. The summed E-state index contributed by atoms with van der Waals surface area (Å²) in [5, 5.41) is 3.47. The predicted molar refractivity (Wildman–Crippen MR) is 81.2 cm³/mol. The molecule has 0 unspecified atom stereocenters. The molecule has 20 heavy (non-hydrogen) atoms. The zero-order valence-corrected chi connectivity index (χ0v) is 11.9. The van der Waals surface area contributed by atoms with E-state index in [0.29, 0.717) is 16.1 Å². The van der Waals surface area contributed by atoms with Crippen LogP contribution in [-0.2, 0) is 6.42 Å². The first-order valence-corrected chi connectivity index (χ1v) is 6.69. The highest BCUT2D eigenvalue weighted by Gasteiger charge is 2.16. The summed E-state index contributed by atoms with van der Waals surface area (Å²) in [5.74, 6) is 0.0482. The van der Waals surface area contributed by atoms with E-state index in [4.69, 9.17) is 17.3 Å². The molecule has 104 valence electrons. The van der Waals surface area contributed by atoms with Gasteiger partial charge in [-0.1, -0.05) is 35.9 Å². The number of ketones is 1. The summed E-state index contributed by atoms with van der Waals surface area (Å²) in [7, 11) is 1.88. The maximum Gasteiger partial charge on any atom is 0.197 e. The molecule has 4 nitrogen and oxygen atoms in total. The van der Waals surface area contributed by atoms with Crippen molar-refractivity contribution < 1.29 is 4.79 Å². The van der Waals surface area contributed by atoms with Crippen molar-refractivity contribution in [1.82, 2.24) is 10.3 Å². The van der Waals surface area contributed by atoms with E-state index >= 15 is 0 Å². The third-order valence-electron chi connectivity index (χ3n) is 3.04. The average molecular weight is 290 g/mol. The minimum absolute atomic E-state index is 0.149. The second-order valence-electron chi connectivity index (χ2n) is 4.43. The molecule has 5 heteroatoms. The quantitative estimate of drug-likeness (QED) is 0.829. The van der Waals surface area contributed by atoms with Gasteiger partial charge in [-0.15, -0.1) is 0 Å². The van der Waals surface area contributed by atoms with E-state index in [-0.39, 0.29) is 11.6 Å². The Morgan fingerprint density at radius 3 is 2.85 bits per heavy atom. The van der Waals surface area contributed by atoms with Crippen LogP contribution in [0.1, 0.15) is 21.5 Å². The van der Waals surface area contributed by atoms with Gasteiger partial charge in [-0.3, -0.25) is 4.79 Å². The number of carbonyl (C=O) groups is 1. The second-order valence-corrected chi connectivity index (χ2v) is 4.86. The van der Waals surface area contributed by atoms with Crippen molar-refractivity contribution in [1.29, 1.82) is 0 Å². The molecular weight excluding hydrogens is 274 g/mol. The monoisotopic (exact) mass is 289 g/mol. The van der Waals surface area contributed by atoms with Crippen molar-refractivity contribution in [2.24, 2.45) is 0 Å². The highest BCUT2D eigenvalue weighted by molar-refractivity contribution is 6.31. The molecule has 2 rings (SSSR count). The molecule has 0 atom stereocenters. The van der Waals surface area contributed by atoms with Gasteiger partial charge in [0.25, 0.3) is 0 Å². The van der Waals surface area contributed by atoms with Gasteiger partial charge in [0.2, 0.25) is 0 Å². The molecule has 0 saturated carbocycles. The van der Waals surface area contributed by atoms with Crippen molar-refractivity contribution in [3.05, 3.63) is 58.2 Å². The number of nitrogens with two attached hydrogens (primary N) is 1. The highest BCUT2D eigenvalue weighted by atomic mass is 35.5. The summed E-state index contributed by atoms with van der Waals surface area (Å²) in [5.41, 5.74) is 7.73. The third kappa shape index (κ3) is 3.15. The van der Waals surface area contributed by atoms with Crippen LogP contribution in [0.25, 0.3) is 0 Å². The summed E-state index contributed by atoms with van der Waals surface area (Å²) in [4.78, 5) is 16.5. The molecule has 1 aromatic heterocycles. The Bertz CT molecular complexity index is 628. The molecule has 0 spiro atoms. The number of nitrogen functional groups attached to an aromatic ring is 1. The van der Waals surface area contributed by atoms with Crippen molar-refractivity contribution >= 4 is 23.2 Å². The summed E-state index contributed by atoms with van der Waals surface area (Å²) in [6.07, 6.45) is 2.20. The molecule has 2 aromatic rings. The van der Waals surface area contributed by atoms with Gasteiger partial charge in [-0.25, -0.2) is 4.98 Å². The first-order valence-electron chi connectivity index (χ1n) is 6.31. The number of pyridine rings is 1. The first-order chi connectivity index (χ1) is 9.63. The Hall–Kier alpha value is -1.91. The molecule has 0 aliphatic carbocycles. The SMILES string of the molecule is CNCCc1ccccc1C(=O)c1cc(Cl)cnc1N. The number of hydrogen-bond donors (Lipinski definition) is 2. The number of halogens is 1. The largest absolute Gasteiger partial charge is 0.383 e. The van der Waals surface area contributed by atoms with Gasteiger partial charge < -0.3 is 11.1 Å². The van der Waals surface area contributed by atoms with E-state index in [2.05, 4.69) is 10.3 Å². The van der Waals surface area contributed by atoms with Crippen LogP contribution in [0.4, 0.5) is 5.82 Å². The minimum Gasteiger partial charge on any atom is -0.383 e. The summed E-state index contributed by atoms with van der Waals surface area (Å²) >= 11 is 5.89. The lowest BCUT2D eigenvalue weighted by molar-refractivity contribution is 0.103. The van der Waals surface area contributed by atoms with E-state index < -0.39 is 0 Å². The average Bonchev–Trinajstić information content (AvgIpc) is 2.47. The second kappa shape index (κ2) is 6.50. The van der Waals surface area contributed by atoms with Crippen molar-refractivity contribution in [3.8, 4) is 0 Å². The number of nitrogens with one attached hydrogen (secondary N) is 1. The molecule has 1 aromatic carbocycles. The van der Waals surface area contributed by atoms with Gasteiger partial charge in [0, 0.05) is 11.8 Å². The molecule has 0 aliphatic heterocycles. The molecule has 3 N–H and O–H groups in total. The summed E-state index contributed by atoms with van der Waals surface area (Å²) < 4.78 is 0. The Labute approximate surface area is 123 Å². The van der Waals surface area contributed by atoms with Crippen molar-refractivity contribution in [3.63, 3.8) is 0 Å². The van der Waals surface area contributed by atoms with Crippen LogP contribution in [0, 0.1) is 0 Å². The standard InChI is InChI=1S/C15H16ClN3O/c1-18-7-6-10-4-2-3-5-12(10)14(20)13-8-11(16)9-19-15(13)17/h2-5,8-9,18H,6-7H2,1H3,(H2,17,19). The van der Waals surface area contributed by atoms with Crippen LogP contribution in [0.2, 0.25) is 5.02 Å². The van der Waals surface area contributed by atoms with Crippen LogP contribution in [0.3, 0.4) is 0 Å². The lowest BCUT2D eigenvalue weighted by Gasteiger charge is -2.10. The van der Waals surface area contributed by atoms with Crippen LogP contribution in [0.5, 0.6) is 0 Å². The Morgan fingerprint density at radius 2 is 2.10 bits per heavy atom. The Morgan fingerprint density at radius 1 is 1.35 bits per heavy atom. The van der Waals surface area contributed by atoms with Gasteiger partial charge in [-0.2, -0.15) is 0 Å². The summed E-state index contributed by atoms with van der Waals surface area (Å²) in [6, 6.07) is 9.05. The van der Waals surface area contributed by atoms with Crippen LogP contribution >= 0.6 is 11.6 Å². The van der Waals surface area contributed by atoms with E-state index in [0.717, 1.165) is 18.5 Å². The molecule has 1 heterocycles. The molecule has 0 bridgehead atoms. The number of rotatable bonds is 5. The van der Waals surface area contributed by atoms with E-state index in [1.807, 2.05) is 25.2 Å². The maximum atomic E-state index is 12.6. The highest BCUT2D eigenvalue weighted by Crippen LogP contribution is 2.21. The number of anilines is 1.